The highest BCUT2D eigenvalue weighted by molar-refractivity contribution is 5.44. The molecule has 0 saturated carbocycles. The van der Waals surface area contributed by atoms with Crippen molar-refractivity contribution in [1.82, 2.24) is 14.9 Å². The number of nitrogens with zero attached hydrogens (tertiary/aromatic N) is 4. The van der Waals surface area contributed by atoms with E-state index in [0.717, 1.165) is 55.7 Å². The minimum Gasteiger partial charge on any atom is -0.438 e. The molecule has 0 N–H and O–H groups in total. The van der Waals surface area contributed by atoms with Crippen molar-refractivity contribution in [2.24, 2.45) is 0 Å². The first-order valence-corrected chi connectivity index (χ1v) is 12.0. The van der Waals surface area contributed by atoms with E-state index in [4.69, 9.17) is 14.7 Å². The quantitative estimate of drug-likeness (QED) is 0.484. The molecule has 3 heterocycles. The summed E-state index contributed by atoms with van der Waals surface area (Å²) in [5, 5.41) is 0. The molecular formula is C27H30F2N4O. The Morgan fingerprint density at radius 1 is 0.912 bits per heavy atom. The highest BCUT2D eigenvalue weighted by Gasteiger charge is 2.26. The molecule has 1 saturated heterocycles. The average molecular weight is 465 g/mol. The van der Waals surface area contributed by atoms with Crippen molar-refractivity contribution in [3.63, 3.8) is 0 Å². The Morgan fingerprint density at radius 2 is 1.71 bits per heavy atom. The van der Waals surface area contributed by atoms with E-state index in [0.29, 0.717) is 41.8 Å². The molecule has 5 rings (SSSR count). The van der Waals surface area contributed by atoms with Crippen molar-refractivity contribution in [1.29, 1.82) is 0 Å². The first kappa shape index (κ1) is 22.7. The summed E-state index contributed by atoms with van der Waals surface area (Å²) in [6.45, 7) is 7.43. The largest absolute Gasteiger partial charge is 0.438 e. The molecular weight excluding hydrogens is 434 g/mol. The van der Waals surface area contributed by atoms with Crippen LogP contribution in [-0.2, 0) is 19.5 Å². The number of piperidine rings is 1. The van der Waals surface area contributed by atoms with Crippen molar-refractivity contribution < 1.29 is 13.5 Å². The van der Waals surface area contributed by atoms with E-state index in [9.17, 15) is 8.78 Å². The van der Waals surface area contributed by atoms with E-state index in [1.807, 2.05) is 13.0 Å². The van der Waals surface area contributed by atoms with Crippen LogP contribution in [-0.4, -0.2) is 34.5 Å². The van der Waals surface area contributed by atoms with Gasteiger partial charge in [0.1, 0.15) is 17.4 Å². The standard InChI is InChI=1S/C27H30F2N4O/c1-18-6-8-24(29)20(14-18)16-32-13-10-25-22(17-32)26(34-21-7-9-23(28)19(2)15-21)31-27(30-25)33-11-4-3-5-12-33/h6-9,14-15H,3-5,10-13,16-17H2,1-2H3. The number of rotatable bonds is 5. The van der Waals surface area contributed by atoms with Crippen LogP contribution in [0.1, 0.15) is 47.2 Å². The van der Waals surface area contributed by atoms with Crippen molar-refractivity contribution in [3.05, 3.63) is 76.0 Å². The molecule has 0 spiro atoms. The summed E-state index contributed by atoms with van der Waals surface area (Å²) in [6, 6.07) is 9.95. The summed E-state index contributed by atoms with van der Waals surface area (Å²) in [7, 11) is 0. The van der Waals surface area contributed by atoms with Crippen LogP contribution in [0, 0.1) is 25.5 Å². The third-order valence-corrected chi connectivity index (χ3v) is 6.67. The van der Waals surface area contributed by atoms with Gasteiger partial charge in [-0.2, -0.15) is 4.98 Å². The van der Waals surface area contributed by atoms with Gasteiger partial charge in [0.05, 0.1) is 11.3 Å². The molecule has 5 nitrogen and oxygen atoms in total. The van der Waals surface area contributed by atoms with Crippen LogP contribution in [0.3, 0.4) is 0 Å². The van der Waals surface area contributed by atoms with Gasteiger partial charge in [-0.15, -0.1) is 0 Å². The SMILES string of the molecule is Cc1ccc(F)c(CN2CCc3nc(N4CCCCC4)nc(Oc4ccc(F)c(C)c4)c3C2)c1. The molecule has 0 radical (unpaired) electrons. The number of anilines is 1. The van der Waals surface area contributed by atoms with Crippen LogP contribution in [0.15, 0.2) is 36.4 Å². The van der Waals surface area contributed by atoms with Crippen LogP contribution in [0.2, 0.25) is 0 Å². The van der Waals surface area contributed by atoms with E-state index < -0.39 is 0 Å². The maximum Gasteiger partial charge on any atom is 0.228 e. The van der Waals surface area contributed by atoms with Gasteiger partial charge in [0.25, 0.3) is 0 Å². The lowest BCUT2D eigenvalue weighted by Crippen LogP contribution is -2.34. The number of fused-ring (bicyclic) bond motifs is 1. The molecule has 0 amide bonds. The summed E-state index contributed by atoms with van der Waals surface area (Å²) < 4.78 is 34.5. The van der Waals surface area contributed by atoms with E-state index in [2.05, 4.69) is 9.80 Å². The zero-order valence-electron chi connectivity index (χ0n) is 19.8. The second-order valence-corrected chi connectivity index (χ2v) is 9.37. The number of benzene rings is 2. The molecule has 0 bridgehead atoms. The third kappa shape index (κ3) is 4.89. The zero-order chi connectivity index (χ0) is 23.7. The first-order valence-electron chi connectivity index (χ1n) is 12.0. The van der Waals surface area contributed by atoms with Crippen LogP contribution >= 0.6 is 0 Å². The number of hydrogen-bond donors (Lipinski definition) is 0. The molecule has 2 aliphatic rings. The Labute approximate surface area is 199 Å². The Morgan fingerprint density at radius 3 is 2.50 bits per heavy atom. The molecule has 2 aliphatic heterocycles. The van der Waals surface area contributed by atoms with Crippen LogP contribution < -0.4 is 9.64 Å². The van der Waals surface area contributed by atoms with Crippen LogP contribution in [0.4, 0.5) is 14.7 Å². The molecule has 7 heteroatoms. The van der Waals surface area contributed by atoms with Gasteiger partial charge in [-0.25, -0.2) is 13.8 Å². The number of halogens is 2. The molecule has 1 fully saturated rings. The molecule has 0 aliphatic carbocycles. The summed E-state index contributed by atoms with van der Waals surface area (Å²) in [5.74, 6) is 1.30. The highest BCUT2D eigenvalue weighted by atomic mass is 19.1. The fourth-order valence-corrected chi connectivity index (χ4v) is 4.74. The van der Waals surface area contributed by atoms with Crippen molar-refractivity contribution >= 4 is 5.95 Å². The van der Waals surface area contributed by atoms with Gasteiger partial charge < -0.3 is 9.64 Å². The monoisotopic (exact) mass is 464 g/mol. The fourth-order valence-electron chi connectivity index (χ4n) is 4.74. The van der Waals surface area contributed by atoms with Crippen molar-refractivity contribution in [2.75, 3.05) is 24.5 Å². The van der Waals surface area contributed by atoms with Crippen molar-refractivity contribution in [3.8, 4) is 11.6 Å². The summed E-state index contributed by atoms with van der Waals surface area (Å²) in [6.07, 6.45) is 4.22. The van der Waals surface area contributed by atoms with Gasteiger partial charge in [0.15, 0.2) is 0 Å². The van der Waals surface area contributed by atoms with Gasteiger partial charge in [-0.1, -0.05) is 17.7 Å². The average Bonchev–Trinajstić information content (AvgIpc) is 2.84. The minimum atomic E-state index is -0.266. The van der Waals surface area contributed by atoms with Crippen LogP contribution in [0.5, 0.6) is 11.6 Å². The molecule has 34 heavy (non-hydrogen) atoms. The second-order valence-electron chi connectivity index (χ2n) is 9.37. The van der Waals surface area contributed by atoms with Gasteiger partial charge in [0, 0.05) is 44.7 Å². The Hall–Kier alpha value is -3.06. The van der Waals surface area contributed by atoms with Gasteiger partial charge in [-0.3, -0.25) is 4.90 Å². The molecule has 1 aromatic heterocycles. The molecule has 0 atom stereocenters. The highest BCUT2D eigenvalue weighted by Crippen LogP contribution is 2.33. The predicted octanol–water partition coefficient (Wildman–Crippen LogP) is 5.71. The van der Waals surface area contributed by atoms with E-state index in [-0.39, 0.29) is 11.6 Å². The molecule has 3 aromatic rings. The van der Waals surface area contributed by atoms with E-state index >= 15 is 0 Å². The number of ether oxygens (including phenoxy) is 1. The maximum absolute atomic E-state index is 14.4. The van der Waals surface area contributed by atoms with Crippen molar-refractivity contribution in [2.45, 2.75) is 52.6 Å². The second kappa shape index (κ2) is 9.66. The Kier molecular flexibility index (Phi) is 6.46. The molecule has 0 unspecified atom stereocenters. The third-order valence-electron chi connectivity index (χ3n) is 6.67. The summed E-state index contributed by atoms with van der Waals surface area (Å²) >= 11 is 0. The van der Waals surface area contributed by atoms with Crippen LogP contribution in [0.25, 0.3) is 0 Å². The predicted molar refractivity (Wildman–Crippen MR) is 128 cm³/mol. The minimum absolute atomic E-state index is 0.189. The molecule has 2 aromatic carbocycles. The Bertz CT molecular complexity index is 1190. The summed E-state index contributed by atoms with van der Waals surface area (Å²) in [4.78, 5) is 14.2. The lowest BCUT2D eigenvalue weighted by molar-refractivity contribution is 0.235. The van der Waals surface area contributed by atoms with E-state index in [1.54, 1.807) is 25.1 Å². The topological polar surface area (TPSA) is 41.5 Å². The maximum atomic E-state index is 14.4. The lowest BCUT2D eigenvalue weighted by Gasteiger charge is -2.32. The fraction of sp³-hybridized carbons (Fsp3) is 0.407. The van der Waals surface area contributed by atoms with Gasteiger partial charge in [-0.05, 0) is 62.9 Å². The molecule has 178 valence electrons. The van der Waals surface area contributed by atoms with Gasteiger partial charge >= 0.3 is 0 Å². The smallest absolute Gasteiger partial charge is 0.228 e. The number of aryl methyl sites for hydroxylation is 2. The normalized spacial score (nSPS) is 16.4. The number of aromatic nitrogens is 2. The lowest BCUT2D eigenvalue weighted by atomic mass is 10.0. The van der Waals surface area contributed by atoms with E-state index in [1.165, 1.54) is 18.6 Å². The zero-order valence-corrected chi connectivity index (χ0v) is 19.8. The number of hydrogen-bond acceptors (Lipinski definition) is 5. The summed E-state index contributed by atoms with van der Waals surface area (Å²) in [5.41, 5.74) is 4.14. The van der Waals surface area contributed by atoms with Gasteiger partial charge in [0.2, 0.25) is 11.8 Å². The Balaban J connectivity index is 1.47. The first-order chi connectivity index (χ1) is 16.5.